The normalized spacial score (nSPS) is 23.3. The standard InChI is InChI=1S/C15H15N3O2/c19-13(10-8-15(10)6-3-7-15)18-17-12-9-4-1-2-5-11(9)16-14(12)20/h1-2,4-5,10,16,20H,3,6-8H2/t10-/m1/s1. The Labute approximate surface area is 115 Å². The van der Waals surface area contributed by atoms with Crippen LogP contribution in [0.15, 0.2) is 34.5 Å². The summed E-state index contributed by atoms with van der Waals surface area (Å²) in [5, 5.41) is 18.4. The van der Waals surface area contributed by atoms with Gasteiger partial charge in [-0.15, -0.1) is 10.2 Å². The van der Waals surface area contributed by atoms with E-state index >= 15 is 0 Å². The predicted molar refractivity (Wildman–Crippen MR) is 73.9 cm³/mol. The fourth-order valence-electron chi connectivity index (χ4n) is 3.26. The van der Waals surface area contributed by atoms with Crippen molar-refractivity contribution in [1.29, 1.82) is 0 Å². The molecular formula is C15H15N3O2. The molecule has 5 heteroatoms. The maximum Gasteiger partial charge on any atom is 0.268 e. The van der Waals surface area contributed by atoms with Crippen LogP contribution in [0.4, 0.5) is 5.69 Å². The number of rotatable bonds is 2. The molecular weight excluding hydrogens is 254 g/mol. The van der Waals surface area contributed by atoms with Crippen molar-refractivity contribution in [2.75, 3.05) is 0 Å². The van der Waals surface area contributed by atoms with Crippen LogP contribution in [0.3, 0.4) is 0 Å². The quantitative estimate of drug-likeness (QED) is 0.816. The van der Waals surface area contributed by atoms with Gasteiger partial charge in [0, 0.05) is 11.3 Å². The lowest BCUT2D eigenvalue weighted by molar-refractivity contribution is -0.120. The minimum atomic E-state index is -0.144. The van der Waals surface area contributed by atoms with E-state index in [-0.39, 0.29) is 23.1 Å². The SMILES string of the molecule is O=C(N=Nc1c(O)[nH]c2ccccc12)[C@H]1CC12CCC2. The van der Waals surface area contributed by atoms with E-state index in [1.807, 2.05) is 24.3 Å². The molecule has 4 rings (SSSR count). The van der Waals surface area contributed by atoms with Crippen LogP contribution in [0, 0.1) is 11.3 Å². The highest BCUT2D eigenvalue weighted by Crippen LogP contribution is 2.65. The van der Waals surface area contributed by atoms with Crippen molar-refractivity contribution in [3.05, 3.63) is 24.3 Å². The number of nitrogens with zero attached hydrogens (tertiary/aromatic N) is 2. The van der Waals surface area contributed by atoms with Crippen LogP contribution >= 0.6 is 0 Å². The first kappa shape index (κ1) is 11.6. The zero-order valence-electron chi connectivity index (χ0n) is 11.0. The van der Waals surface area contributed by atoms with Gasteiger partial charge in [0.1, 0.15) is 0 Å². The number of aromatic hydroxyl groups is 1. The number of azo groups is 1. The first-order chi connectivity index (χ1) is 9.70. The fourth-order valence-corrected chi connectivity index (χ4v) is 3.26. The number of para-hydroxylation sites is 1. The van der Waals surface area contributed by atoms with Gasteiger partial charge in [-0.2, -0.15) is 0 Å². The molecule has 0 saturated heterocycles. The van der Waals surface area contributed by atoms with Crippen molar-refractivity contribution in [3.63, 3.8) is 0 Å². The Balaban J connectivity index is 1.59. The average molecular weight is 269 g/mol. The third-order valence-electron chi connectivity index (χ3n) is 4.75. The van der Waals surface area contributed by atoms with Gasteiger partial charge in [0.15, 0.2) is 5.69 Å². The summed E-state index contributed by atoms with van der Waals surface area (Å²) in [5.74, 6) is -0.126. The summed E-state index contributed by atoms with van der Waals surface area (Å²) in [4.78, 5) is 14.8. The zero-order valence-corrected chi connectivity index (χ0v) is 11.0. The number of benzene rings is 1. The van der Waals surface area contributed by atoms with Crippen LogP contribution in [-0.4, -0.2) is 16.0 Å². The molecule has 0 aliphatic heterocycles. The molecule has 102 valence electrons. The highest BCUT2D eigenvalue weighted by Gasteiger charge is 2.61. The summed E-state index contributed by atoms with van der Waals surface area (Å²) in [6.45, 7) is 0. The highest BCUT2D eigenvalue weighted by atomic mass is 16.3. The molecule has 1 amide bonds. The van der Waals surface area contributed by atoms with Crippen LogP contribution in [0.5, 0.6) is 5.88 Å². The number of carbonyl (C=O) groups excluding carboxylic acids is 1. The molecule has 0 unspecified atom stereocenters. The Morgan fingerprint density at radius 3 is 2.85 bits per heavy atom. The van der Waals surface area contributed by atoms with Gasteiger partial charge in [0.05, 0.1) is 5.52 Å². The number of nitrogens with one attached hydrogen (secondary N) is 1. The molecule has 0 bridgehead atoms. The topological polar surface area (TPSA) is 77.8 Å². The van der Waals surface area contributed by atoms with Gasteiger partial charge in [-0.25, -0.2) is 0 Å². The summed E-state index contributed by atoms with van der Waals surface area (Å²) >= 11 is 0. The van der Waals surface area contributed by atoms with E-state index in [2.05, 4.69) is 15.2 Å². The number of fused-ring (bicyclic) bond motifs is 1. The number of aromatic nitrogens is 1. The number of amides is 1. The Morgan fingerprint density at radius 2 is 2.15 bits per heavy atom. The molecule has 2 N–H and O–H groups in total. The van der Waals surface area contributed by atoms with Gasteiger partial charge in [0.25, 0.3) is 5.91 Å². The minimum absolute atomic E-state index is 0.0445. The van der Waals surface area contributed by atoms with E-state index in [0.717, 1.165) is 30.2 Å². The van der Waals surface area contributed by atoms with Gasteiger partial charge >= 0.3 is 0 Å². The van der Waals surface area contributed by atoms with E-state index in [9.17, 15) is 9.90 Å². The Hall–Kier alpha value is -2.17. The number of carbonyl (C=O) groups is 1. The van der Waals surface area contributed by atoms with Crippen molar-refractivity contribution in [3.8, 4) is 5.88 Å². The lowest BCUT2D eigenvalue weighted by Gasteiger charge is -2.25. The molecule has 1 spiro atoms. The summed E-state index contributed by atoms with van der Waals surface area (Å²) in [5.41, 5.74) is 1.39. The largest absolute Gasteiger partial charge is 0.493 e. The van der Waals surface area contributed by atoms with Crippen molar-refractivity contribution in [1.82, 2.24) is 4.98 Å². The second kappa shape index (κ2) is 3.91. The van der Waals surface area contributed by atoms with Gasteiger partial charge in [-0.1, -0.05) is 24.6 Å². The second-order valence-electron chi connectivity index (χ2n) is 5.88. The minimum Gasteiger partial charge on any atom is -0.493 e. The molecule has 2 aliphatic rings. The van der Waals surface area contributed by atoms with E-state index in [4.69, 9.17) is 0 Å². The van der Waals surface area contributed by atoms with Crippen molar-refractivity contribution in [2.24, 2.45) is 21.6 Å². The Kier molecular flexibility index (Phi) is 2.28. The molecule has 2 fully saturated rings. The van der Waals surface area contributed by atoms with E-state index < -0.39 is 0 Å². The third kappa shape index (κ3) is 1.59. The molecule has 2 aliphatic carbocycles. The van der Waals surface area contributed by atoms with Crippen molar-refractivity contribution < 1.29 is 9.90 Å². The van der Waals surface area contributed by atoms with Crippen molar-refractivity contribution >= 4 is 22.5 Å². The second-order valence-corrected chi connectivity index (χ2v) is 5.88. The van der Waals surface area contributed by atoms with Crippen molar-refractivity contribution in [2.45, 2.75) is 25.7 Å². The van der Waals surface area contributed by atoms with Crippen LogP contribution < -0.4 is 0 Å². The summed E-state index contributed by atoms with van der Waals surface area (Å²) in [6.07, 6.45) is 4.49. The van der Waals surface area contributed by atoms with Crippen LogP contribution in [0.2, 0.25) is 0 Å². The third-order valence-corrected chi connectivity index (χ3v) is 4.75. The first-order valence-corrected chi connectivity index (χ1v) is 6.95. The van der Waals surface area contributed by atoms with Gasteiger partial charge < -0.3 is 10.1 Å². The molecule has 5 nitrogen and oxygen atoms in total. The molecule has 2 saturated carbocycles. The van der Waals surface area contributed by atoms with Gasteiger partial charge in [-0.05, 0) is 30.7 Å². The highest BCUT2D eigenvalue weighted by molar-refractivity contribution is 5.94. The lowest BCUT2D eigenvalue weighted by atomic mass is 9.80. The molecule has 1 aromatic heterocycles. The average Bonchev–Trinajstić information content (AvgIpc) is 3.09. The van der Waals surface area contributed by atoms with E-state index in [1.165, 1.54) is 6.42 Å². The smallest absolute Gasteiger partial charge is 0.268 e. The zero-order chi connectivity index (χ0) is 13.7. The summed E-state index contributed by atoms with van der Waals surface area (Å²) in [7, 11) is 0. The molecule has 2 aromatic rings. The van der Waals surface area contributed by atoms with Crippen LogP contribution in [0.25, 0.3) is 10.9 Å². The number of H-pyrrole nitrogens is 1. The number of hydrogen-bond donors (Lipinski definition) is 2. The van der Waals surface area contributed by atoms with Crippen LogP contribution in [-0.2, 0) is 4.79 Å². The summed E-state index contributed by atoms with van der Waals surface area (Å²) < 4.78 is 0. The molecule has 0 radical (unpaired) electrons. The molecule has 20 heavy (non-hydrogen) atoms. The van der Waals surface area contributed by atoms with Gasteiger partial charge in [0.2, 0.25) is 5.88 Å². The monoisotopic (exact) mass is 269 g/mol. The van der Waals surface area contributed by atoms with E-state index in [1.54, 1.807) is 0 Å². The Bertz CT molecular complexity index is 728. The van der Waals surface area contributed by atoms with Gasteiger partial charge in [-0.3, -0.25) is 4.79 Å². The molecule has 1 atom stereocenters. The molecule has 1 heterocycles. The maximum atomic E-state index is 12.0. The number of aromatic amines is 1. The lowest BCUT2D eigenvalue weighted by Crippen LogP contribution is -2.17. The van der Waals surface area contributed by atoms with E-state index in [0.29, 0.717) is 5.69 Å². The predicted octanol–water partition coefficient (Wildman–Crippen LogP) is 3.67. The Morgan fingerprint density at radius 1 is 1.35 bits per heavy atom. The maximum absolute atomic E-state index is 12.0. The number of hydrogen-bond acceptors (Lipinski definition) is 3. The summed E-state index contributed by atoms with van der Waals surface area (Å²) in [6, 6.07) is 7.42. The van der Waals surface area contributed by atoms with Crippen LogP contribution in [0.1, 0.15) is 25.7 Å². The molecule has 1 aromatic carbocycles. The fraction of sp³-hybridized carbons (Fsp3) is 0.400. The first-order valence-electron chi connectivity index (χ1n) is 6.95.